The zero-order chi connectivity index (χ0) is 15.3. The van der Waals surface area contributed by atoms with Gasteiger partial charge in [-0.15, -0.1) is 0 Å². The van der Waals surface area contributed by atoms with Crippen LogP contribution in [-0.2, 0) is 18.3 Å². The number of imidazole rings is 1. The fourth-order valence-corrected chi connectivity index (χ4v) is 2.61. The Kier molecular flexibility index (Phi) is 9.58. The predicted molar refractivity (Wildman–Crippen MR) is 85.3 cm³/mol. The second-order valence-electron chi connectivity index (χ2n) is 5.88. The summed E-state index contributed by atoms with van der Waals surface area (Å²) in [6.45, 7) is 0. The Morgan fingerprint density at radius 1 is 1.00 bits per heavy atom. The highest BCUT2D eigenvalue weighted by molar-refractivity contribution is 5.66. The maximum Gasteiger partial charge on any atom is 0.303 e. The Morgan fingerprint density at radius 3 is 2.00 bits per heavy atom. The standard InChI is InChI=1S/C17H30N2O2/c1-19-15-14-18-16(19)12-10-8-6-4-2-3-5-7-9-11-13-17(20)21/h14-15H,2-13H2,1H3,(H,20,21). The van der Waals surface area contributed by atoms with Gasteiger partial charge in [0.1, 0.15) is 5.82 Å². The molecule has 120 valence electrons. The van der Waals surface area contributed by atoms with Gasteiger partial charge < -0.3 is 9.67 Å². The molecule has 21 heavy (non-hydrogen) atoms. The fourth-order valence-electron chi connectivity index (χ4n) is 2.61. The minimum Gasteiger partial charge on any atom is -0.481 e. The van der Waals surface area contributed by atoms with Gasteiger partial charge in [0.15, 0.2) is 0 Å². The first-order valence-electron chi connectivity index (χ1n) is 8.38. The molecule has 1 aromatic rings. The first kappa shape index (κ1) is 17.7. The Balaban J connectivity index is 1.79. The largest absolute Gasteiger partial charge is 0.481 e. The first-order chi connectivity index (χ1) is 10.2. The molecule has 0 fully saturated rings. The van der Waals surface area contributed by atoms with Crippen LogP contribution >= 0.6 is 0 Å². The van der Waals surface area contributed by atoms with E-state index < -0.39 is 5.97 Å². The van der Waals surface area contributed by atoms with Crippen molar-refractivity contribution in [3.8, 4) is 0 Å². The number of nitrogens with zero attached hydrogens (tertiary/aromatic N) is 2. The highest BCUT2D eigenvalue weighted by Gasteiger charge is 1.99. The highest BCUT2D eigenvalue weighted by Crippen LogP contribution is 2.12. The lowest BCUT2D eigenvalue weighted by Crippen LogP contribution is -1.97. The smallest absolute Gasteiger partial charge is 0.303 e. The molecule has 0 aromatic carbocycles. The molecule has 0 bridgehead atoms. The van der Waals surface area contributed by atoms with Crippen molar-refractivity contribution in [2.45, 2.75) is 77.0 Å². The molecule has 0 radical (unpaired) electrons. The van der Waals surface area contributed by atoms with Crippen LogP contribution in [0, 0.1) is 0 Å². The Hall–Kier alpha value is -1.32. The number of hydrogen-bond donors (Lipinski definition) is 1. The molecule has 4 heteroatoms. The lowest BCUT2D eigenvalue weighted by molar-refractivity contribution is -0.137. The molecule has 0 aliphatic heterocycles. The van der Waals surface area contributed by atoms with Gasteiger partial charge in [-0.2, -0.15) is 0 Å². The second kappa shape index (κ2) is 11.4. The summed E-state index contributed by atoms with van der Waals surface area (Å²) in [7, 11) is 2.05. The molecule has 1 heterocycles. The summed E-state index contributed by atoms with van der Waals surface area (Å²) in [5.41, 5.74) is 0. The third-order valence-electron chi connectivity index (χ3n) is 3.96. The van der Waals surface area contributed by atoms with Gasteiger partial charge in [0.25, 0.3) is 0 Å². The van der Waals surface area contributed by atoms with Gasteiger partial charge in [0, 0.05) is 32.3 Å². The van der Waals surface area contributed by atoms with Crippen LogP contribution in [0.3, 0.4) is 0 Å². The monoisotopic (exact) mass is 294 g/mol. The first-order valence-corrected chi connectivity index (χ1v) is 8.38. The molecular formula is C17H30N2O2. The van der Waals surface area contributed by atoms with E-state index in [2.05, 4.69) is 16.6 Å². The Bertz CT molecular complexity index is 388. The summed E-state index contributed by atoms with van der Waals surface area (Å²) in [5.74, 6) is 0.525. The number of aryl methyl sites for hydroxylation is 2. The molecule has 1 rings (SSSR count). The van der Waals surface area contributed by atoms with Crippen LogP contribution in [0.2, 0.25) is 0 Å². The molecule has 0 amide bonds. The molecule has 0 saturated carbocycles. The van der Waals surface area contributed by atoms with Gasteiger partial charge in [-0.05, 0) is 12.8 Å². The minimum atomic E-state index is -0.666. The van der Waals surface area contributed by atoms with Crippen molar-refractivity contribution in [3.05, 3.63) is 18.2 Å². The topological polar surface area (TPSA) is 55.1 Å². The lowest BCUT2D eigenvalue weighted by Gasteiger charge is -2.03. The molecule has 0 atom stereocenters. The lowest BCUT2D eigenvalue weighted by atomic mass is 10.1. The summed E-state index contributed by atoms with van der Waals surface area (Å²) >= 11 is 0. The number of hydrogen-bond acceptors (Lipinski definition) is 2. The van der Waals surface area contributed by atoms with E-state index in [0.29, 0.717) is 6.42 Å². The molecule has 1 N–H and O–H groups in total. The summed E-state index contributed by atoms with van der Waals surface area (Å²) in [6, 6.07) is 0. The summed E-state index contributed by atoms with van der Waals surface area (Å²) < 4.78 is 2.10. The third kappa shape index (κ3) is 9.27. The van der Waals surface area contributed by atoms with Crippen molar-refractivity contribution in [1.29, 1.82) is 0 Å². The van der Waals surface area contributed by atoms with E-state index in [1.807, 2.05) is 12.4 Å². The van der Waals surface area contributed by atoms with E-state index in [1.54, 1.807) is 0 Å². The number of aromatic nitrogens is 2. The Labute approximate surface area is 128 Å². The number of carboxylic acids is 1. The molecule has 0 aliphatic rings. The molecule has 0 aliphatic carbocycles. The molecule has 4 nitrogen and oxygen atoms in total. The van der Waals surface area contributed by atoms with Crippen molar-refractivity contribution < 1.29 is 9.90 Å². The molecule has 0 unspecified atom stereocenters. The van der Waals surface area contributed by atoms with Gasteiger partial charge in [-0.1, -0.05) is 51.4 Å². The second-order valence-corrected chi connectivity index (χ2v) is 5.88. The number of unbranched alkanes of at least 4 members (excludes halogenated alkanes) is 9. The van der Waals surface area contributed by atoms with Gasteiger partial charge in [-0.25, -0.2) is 4.98 Å². The van der Waals surface area contributed by atoms with E-state index in [1.165, 1.54) is 57.2 Å². The van der Waals surface area contributed by atoms with Crippen molar-refractivity contribution in [2.75, 3.05) is 0 Å². The average molecular weight is 294 g/mol. The van der Waals surface area contributed by atoms with Gasteiger partial charge in [0.2, 0.25) is 0 Å². The Morgan fingerprint density at radius 2 is 1.52 bits per heavy atom. The quantitative estimate of drug-likeness (QED) is 0.551. The molecular weight excluding hydrogens is 264 g/mol. The average Bonchev–Trinajstić information content (AvgIpc) is 2.85. The summed E-state index contributed by atoms with van der Waals surface area (Å²) in [4.78, 5) is 14.7. The van der Waals surface area contributed by atoms with E-state index in [-0.39, 0.29) is 0 Å². The minimum absolute atomic E-state index is 0.329. The van der Waals surface area contributed by atoms with E-state index in [9.17, 15) is 4.79 Å². The van der Waals surface area contributed by atoms with E-state index in [4.69, 9.17) is 5.11 Å². The molecule has 1 aromatic heterocycles. The van der Waals surface area contributed by atoms with Crippen LogP contribution in [0.25, 0.3) is 0 Å². The van der Waals surface area contributed by atoms with Crippen molar-refractivity contribution >= 4 is 5.97 Å². The number of carbonyl (C=O) groups is 1. The molecule has 0 spiro atoms. The van der Waals surface area contributed by atoms with Gasteiger partial charge >= 0.3 is 5.97 Å². The van der Waals surface area contributed by atoms with Crippen LogP contribution in [0.5, 0.6) is 0 Å². The highest BCUT2D eigenvalue weighted by atomic mass is 16.4. The van der Waals surface area contributed by atoms with Crippen molar-refractivity contribution in [1.82, 2.24) is 9.55 Å². The zero-order valence-electron chi connectivity index (χ0n) is 13.4. The normalized spacial score (nSPS) is 10.9. The third-order valence-corrected chi connectivity index (χ3v) is 3.96. The number of rotatable bonds is 13. The zero-order valence-corrected chi connectivity index (χ0v) is 13.4. The van der Waals surface area contributed by atoms with Crippen molar-refractivity contribution in [3.63, 3.8) is 0 Å². The number of carboxylic acid groups (broad SMARTS) is 1. The predicted octanol–water partition coefficient (Wildman–Crippen LogP) is 4.34. The summed E-state index contributed by atoms with van der Waals surface area (Å²) in [6.07, 6.45) is 17.4. The number of aliphatic carboxylic acids is 1. The van der Waals surface area contributed by atoms with Crippen LogP contribution in [0.15, 0.2) is 12.4 Å². The van der Waals surface area contributed by atoms with Crippen LogP contribution in [-0.4, -0.2) is 20.6 Å². The van der Waals surface area contributed by atoms with Gasteiger partial charge in [0.05, 0.1) is 0 Å². The van der Waals surface area contributed by atoms with Crippen LogP contribution in [0.1, 0.15) is 76.5 Å². The van der Waals surface area contributed by atoms with Gasteiger partial charge in [-0.3, -0.25) is 4.79 Å². The van der Waals surface area contributed by atoms with Crippen LogP contribution < -0.4 is 0 Å². The van der Waals surface area contributed by atoms with E-state index >= 15 is 0 Å². The summed E-state index contributed by atoms with van der Waals surface area (Å²) in [5, 5.41) is 8.53. The van der Waals surface area contributed by atoms with Crippen LogP contribution in [0.4, 0.5) is 0 Å². The van der Waals surface area contributed by atoms with Crippen molar-refractivity contribution in [2.24, 2.45) is 7.05 Å². The van der Waals surface area contributed by atoms with E-state index in [0.717, 1.165) is 19.3 Å². The fraction of sp³-hybridized carbons (Fsp3) is 0.765. The SMILES string of the molecule is Cn1ccnc1CCCCCCCCCCCCC(=O)O. The maximum absolute atomic E-state index is 10.3. The molecule has 0 saturated heterocycles. The maximum atomic E-state index is 10.3.